The summed E-state index contributed by atoms with van der Waals surface area (Å²) >= 11 is 1.68. The summed E-state index contributed by atoms with van der Waals surface area (Å²) in [4.78, 5) is 32.8. The maximum atomic E-state index is 14.6. The highest BCUT2D eigenvalue weighted by molar-refractivity contribution is 7.18. The zero-order valence-electron chi connectivity index (χ0n) is 25.0. The lowest BCUT2D eigenvalue weighted by atomic mass is 9.41. The highest BCUT2D eigenvalue weighted by atomic mass is 32.1. The van der Waals surface area contributed by atoms with E-state index in [1.165, 1.54) is 7.11 Å². The Hall–Kier alpha value is -3.62. The van der Waals surface area contributed by atoms with Gasteiger partial charge in [-0.25, -0.2) is 14.2 Å². The zero-order chi connectivity index (χ0) is 30.3. The van der Waals surface area contributed by atoms with E-state index in [1.54, 1.807) is 23.5 Å². The van der Waals surface area contributed by atoms with E-state index in [4.69, 9.17) is 9.47 Å². The number of methoxy groups -OCH3 is 1. The van der Waals surface area contributed by atoms with Gasteiger partial charge < -0.3 is 14.4 Å². The van der Waals surface area contributed by atoms with Crippen molar-refractivity contribution in [2.75, 3.05) is 25.2 Å². The summed E-state index contributed by atoms with van der Waals surface area (Å²) in [5.74, 6) is -0.297. The largest absolute Gasteiger partial charge is 0.465 e. The van der Waals surface area contributed by atoms with Crippen molar-refractivity contribution in [2.45, 2.75) is 63.1 Å². The highest BCUT2D eigenvalue weighted by Gasteiger charge is 2.73. The fraction of sp³-hybridized carbons (Fsp3) is 0.417. The van der Waals surface area contributed by atoms with E-state index in [0.29, 0.717) is 38.0 Å². The number of carbonyl (C=O) groups excluding carboxylic acids is 2. The van der Waals surface area contributed by atoms with E-state index in [1.807, 2.05) is 36.1 Å². The first-order chi connectivity index (χ1) is 21.1. The second-order valence-electron chi connectivity index (χ2n) is 13.7. The van der Waals surface area contributed by atoms with Gasteiger partial charge in [0.2, 0.25) is 5.91 Å². The van der Waals surface area contributed by atoms with Crippen LogP contribution in [0.1, 0.15) is 65.9 Å². The third kappa shape index (κ3) is 4.32. The number of alkyl halides is 1. The fourth-order valence-electron chi connectivity index (χ4n) is 8.23. The fourth-order valence-corrected chi connectivity index (χ4v) is 9.10. The Morgan fingerprint density at radius 1 is 0.977 bits per heavy atom. The van der Waals surface area contributed by atoms with E-state index < -0.39 is 11.1 Å². The summed E-state index contributed by atoms with van der Waals surface area (Å²) < 4.78 is 27.3. The molecule has 1 aromatic heterocycles. The number of hydrogen-bond acceptors (Lipinski definition) is 6. The maximum absolute atomic E-state index is 14.6. The minimum Gasteiger partial charge on any atom is -0.465 e. The molecule has 3 heterocycles. The Balaban J connectivity index is 1.07. The summed E-state index contributed by atoms with van der Waals surface area (Å²) in [5.41, 5.74) is 3.32. The number of anilines is 1. The number of nitrogens with zero attached hydrogens (tertiary/aromatic N) is 2. The van der Waals surface area contributed by atoms with Crippen molar-refractivity contribution >= 4 is 39.1 Å². The van der Waals surface area contributed by atoms with Gasteiger partial charge in [-0.05, 0) is 105 Å². The maximum Gasteiger partial charge on any atom is 0.337 e. The normalized spacial score (nSPS) is 30.0. The molecule has 10 rings (SSSR count). The number of ether oxygens (including phenoxy) is 2. The van der Waals surface area contributed by atoms with Crippen molar-refractivity contribution in [1.29, 1.82) is 0 Å². The van der Waals surface area contributed by atoms with Crippen molar-refractivity contribution in [2.24, 2.45) is 10.8 Å². The Morgan fingerprint density at radius 2 is 1.70 bits per heavy atom. The molecule has 8 heteroatoms. The molecule has 4 bridgehead atoms. The molecule has 0 spiro atoms. The zero-order valence-corrected chi connectivity index (χ0v) is 25.8. The minimum atomic E-state index is -1.15. The van der Waals surface area contributed by atoms with Gasteiger partial charge in [-0.1, -0.05) is 30.3 Å². The van der Waals surface area contributed by atoms with Gasteiger partial charge >= 0.3 is 5.97 Å². The molecule has 0 radical (unpaired) electrons. The number of aryl methyl sites for hydroxylation is 1. The van der Waals surface area contributed by atoms with Crippen LogP contribution in [-0.4, -0.2) is 42.8 Å². The lowest BCUT2D eigenvalue weighted by Gasteiger charge is -2.65. The predicted octanol–water partition coefficient (Wildman–Crippen LogP) is 7.77. The average molecular weight is 611 g/mol. The number of esters is 1. The molecule has 6 nitrogen and oxygen atoms in total. The first-order valence-corrected chi connectivity index (χ1v) is 16.3. The molecule has 2 saturated heterocycles. The molecule has 1 amide bonds. The molecule has 4 aromatic rings. The first kappa shape index (κ1) is 27.9. The number of rotatable bonds is 7. The summed E-state index contributed by atoms with van der Waals surface area (Å²) in [5, 5.41) is 1.04. The molecule has 4 aliphatic carbocycles. The quantitative estimate of drug-likeness (QED) is 0.200. The summed E-state index contributed by atoms with van der Waals surface area (Å²) in [6.07, 6.45) is 4.56. The van der Waals surface area contributed by atoms with Crippen LogP contribution in [0.25, 0.3) is 21.3 Å². The lowest BCUT2D eigenvalue weighted by Crippen LogP contribution is -2.71. The second kappa shape index (κ2) is 9.69. The average Bonchev–Trinajstić information content (AvgIpc) is 3.41. The van der Waals surface area contributed by atoms with Gasteiger partial charge in [0.05, 0.1) is 45.5 Å². The van der Waals surface area contributed by atoms with Crippen LogP contribution in [0.15, 0.2) is 66.7 Å². The van der Waals surface area contributed by atoms with Gasteiger partial charge in [-0.15, -0.1) is 11.3 Å². The molecule has 226 valence electrons. The third-order valence-corrected chi connectivity index (χ3v) is 11.7. The first-order valence-electron chi connectivity index (χ1n) is 15.4. The van der Waals surface area contributed by atoms with Crippen LogP contribution >= 0.6 is 11.3 Å². The molecule has 2 aliphatic heterocycles. The monoisotopic (exact) mass is 610 g/mol. The summed E-state index contributed by atoms with van der Waals surface area (Å²) in [7, 11) is 1.38. The van der Waals surface area contributed by atoms with Crippen LogP contribution in [0, 0.1) is 17.8 Å². The smallest absolute Gasteiger partial charge is 0.337 e. The van der Waals surface area contributed by atoms with E-state index in [2.05, 4.69) is 35.3 Å². The van der Waals surface area contributed by atoms with Crippen LogP contribution in [0.2, 0.25) is 0 Å². The highest BCUT2D eigenvalue weighted by Crippen LogP contribution is 2.70. The molecule has 0 unspecified atom stereocenters. The van der Waals surface area contributed by atoms with Crippen molar-refractivity contribution in [3.8, 4) is 11.1 Å². The van der Waals surface area contributed by atoms with Gasteiger partial charge in [-0.3, -0.25) is 4.79 Å². The Bertz CT molecular complexity index is 1770. The van der Waals surface area contributed by atoms with Crippen LogP contribution < -0.4 is 4.90 Å². The molecule has 44 heavy (non-hydrogen) atoms. The molecular formula is C36H35FN2O4S. The standard InChI is InChI=1S/C36H35FN2O4S/c1-23-38-29-11-8-26(17-30(29)44-23)25-4-3-5-28(16-25)39(32(41)34-18-35(37,19-34)20-34)21-33-12-14-36(15-13-33,43-22-33)27-9-6-24(7-10-27)31(40)42-2/h3-11,16-17H,12-15,18-22H2,1-2H3. The van der Waals surface area contributed by atoms with Crippen molar-refractivity contribution in [3.05, 3.63) is 82.9 Å². The molecule has 6 aliphatic rings. The summed E-state index contributed by atoms with van der Waals surface area (Å²) in [6.45, 7) is 3.13. The van der Waals surface area contributed by atoms with Gasteiger partial charge in [-0.2, -0.15) is 0 Å². The minimum absolute atomic E-state index is 0.0536. The lowest BCUT2D eigenvalue weighted by molar-refractivity contribution is -0.213. The number of benzene rings is 3. The Labute approximate surface area is 260 Å². The number of amides is 1. The predicted molar refractivity (Wildman–Crippen MR) is 169 cm³/mol. The number of fused-ring (bicyclic) bond motifs is 4. The second-order valence-corrected chi connectivity index (χ2v) is 14.9. The number of carbonyl (C=O) groups is 2. The van der Waals surface area contributed by atoms with Gasteiger partial charge in [0.15, 0.2) is 0 Å². The van der Waals surface area contributed by atoms with Crippen LogP contribution in [0.5, 0.6) is 0 Å². The van der Waals surface area contributed by atoms with E-state index in [0.717, 1.165) is 63.3 Å². The van der Waals surface area contributed by atoms with Crippen molar-refractivity contribution < 1.29 is 23.5 Å². The van der Waals surface area contributed by atoms with E-state index >= 15 is 0 Å². The van der Waals surface area contributed by atoms with Crippen LogP contribution in [0.4, 0.5) is 10.1 Å². The number of aromatic nitrogens is 1. The van der Waals surface area contributed by atoms with Crippen LogP contribution in [0.3, 0.4) is 0 Å². The van der Waals surface area contributed by atoms with E-state index in [9.17, 15) is 14.0 Å². The topological polar surface area (TPSA) is 68.7 Å². The van der Waals surface area contributed by atoms with Crippen molar-refractivity contribution in [3.63, 3.8) is 0 Å². The number of halogens is 1. The molecule has 4 saturated carbocycles. The molecule has 0 atom stereocenters. The number of hydrogen-bond donors (Lipinski definition) is 0. The molecular weight excluding hydrogens is 575 g/mol. The Morgan fingerprint density at radius 3 is 2.36 bits per heavy atom. The van der Waals surface area contributed by atoms with Crippen LogP contribution in [-0.2, 0) is 19.9 Å². The molecule has 3 aromatic carbocycles. The molecule has 0 N–H and O–H groups in total. The third-order valence-electron chi connectivity index (χ3n) is 10.7. The SMILES string of the molecule is COC(=O)c1ccc(C23CCC(CN(C(=O)C45CC(F)(C4)C5)c4cccc(-c5ccc6nc(C)sc6c5)c4)(CC2)CO3)cc1. The summed E-state index contributed by atoms with van der Waals surface area (Å²) in [6, 6.07) is 22.1. The van der Waals surface area contributed by atoms with Crippen molar-refractivity contribution in [1.82, 2.24) is 4.98 Å². The van der Waals surface area contributed by atoms with Gasteiger partial charge in [0, 0.05) is 17.6 Å². The van der Waals surface area contributed by atoms with E-state index in [-0.39, 0.29) is 22.9 Å². The molecule has 6 fully saturated rings. The Kier molecular flexibility index (Phi) is 6.14. The van der Waals surface area contributed by atoms with Gasteiger partial charge in [0.25, 0.3) is 0 Å². The van der Waals surface area contributed by atoms with Gasteiger partial charge in [0.1, 0.15) is 5.67 Å². The number of thiazole rings is 1.